The molecule has 0 radical (unpaired) electrons. The molecule has 0 bridgehead atoms. The van der Waals surface area contributed by atoms with Crippen LogP contribution in [0.15, 0.2) is 42.5 Å². The molecule has 86 valence electrons. The number of benzene rings is 1. The summed E-state index contributed by atoms with van der Waals surface area (Å²) < 4.78 is 5.15. The van der Waals surface area contributed by atoms with Gasteiger partial charge in [-0.3, -0.25) is 0 Å². The highest BCUT2D eigenvalue weighted by molar-refractivity contribution is 5.89. The molecule has 0 aliphatic rings. The predicted molar refractivity (Wildman–Crippen MR) is 65.4 cm³/mol. The van der Waals surface area contributed by atoms with E-state index in [1.54, 1.807) is 12.1 Å². The average molecular weight is 218 g/mol. The minimum atomic E-state index is -0.230. The average Bonchev–Trinajstić information content (AvgIpc) is 2.34. The van der Waals surface area contributed by atoms with Gasteiger partial charge >= 0.3 is 5.97 Å². The zero-order valence-corrected chi connectivity index (χ0v) is 9.69. The van der Waals surface area contributed by atoms with Gasteiger partial charge in [-0.1, -0.05) is 30.4 Å². The third-order valence-electron chi connectivity index (χ3n) is 2.24. The maximum absolute atomic E-state index is 11.5. The summed E-state index contributed by atoms with van der Waals surface area (Å²) in [5.74, 6) is -0.230. The van der Waals surface area contributed by atoms with Gasteiger partial charge in [-0.25, -0.2) is 4.79 Å². The normalized spacial score (nSPS) is 10.6. The standard InChI is InChI=1S/C14H18O2/c1-2-3-4-5-9-12-16-14(15)13-10-7-6-8-11-13/h2-3,6-8,10-11H,4-5,9,12H2,1H3. The van der Waals surface area contributed by atoms with Crippen molar-refractivity contribution < 1.29 is 9.53 Å². The number of rotatable bonds is 6. The molecule has 0 spiro atoms. The van der Waals surface area contributed by atoms with Crippen molar-refractivity contribution in [2.24, 2.45) is 0 Å². The molecule has 1 rings (SSSR count). The zero-order valence-electron chi connectivity index (χ0n) is 9.69. The van der Waals surface area contributed by atoms with Gasteiger partial charge in [0.05, 0.1) is 12.2 Å². The summed E-state index contributed by atoms with van der Waals surface area (Å²) in [5.41, 5.74) is 0.621. The van der Waals surface area contributed by atoms with E-state index in [0.717, 1.165) is 19.3 Å². The second-order valence-electron chi connectivity index (χ2n) is 3.57. The Morgan fingerprint density at radius 3 is 2.69 bits per heavy atom. The molecule has 0 fully saturated rings. The molecule has 1 aromatic carbocycles. The SMILES string of the molecule is CC=CCCCCOC(=O)c1ccccc1. The Bertz CT molecular complexity index is 328. The summed E-state index contributed by atoms with van der Waals surface area (Å²) in [5, 5.41) is 0. The van der Waals surface area contributed by atoms with Crippen LogP contribution < -0.4 is 0 Å². The Morgan fingerprint density at radius 1 is 1.25 bits per heavy atom. The van der Waals surface area contributed by atoms with Gasteiger partial charge in [0.1, 0.15) is 0 Å². The van der Waals surface area contributed by atoms with Gasteiger partial charge < -0.3 is 4.74 Å². The molecule has 0 N–H and O–H groups in total. The number of carbonyl (C=O) groups excluding carboxylic acids is 1. The largest absolute Gasteiger partial charge is 0.462 e. The van der Waals surface area contributed by atoms with Crippen molar-refractivity contribution in [2.75, 3.05) is 6.61 Å². The molecule has 0 atom stereocenters. The second kappa shape index (κ2) is 7.69. The van der Waals surface area contributed by atoms with E-state index < -0.39 is 0 Å². The Kier molecular flexibility index (Phi) is 6.00. The van der Waals surface area contributed by atoms with Crippen molar-refractivity contribution in [3.63, 3.8) is 0 Å². The molecule has 0 aliphatic carbocycles. The van der Waals surface area contributed by atoms with Gasteiger partial charge in [0.2, 0.25) is 0 Å². The Balaban J connectivity index is 2.16. The quantitative estimate of drug-likeness (QED) is 0.414. The van der Waals surface area contributed by atoms with E-state index in [-0.39, 0.29) is 5.97 Å². The molecule has 0 saturated heterocycles. The smallest absolute Gasteiger partial charge is 0.338 e. The molecule has 0 aromatic heterocycles. The molecule has 1 aromatic rings. The highest BCUT2D eigenvalue weighted by Crippen LogP contribution is 2.03. The molecule has 0 amide bonds. The number of allylic oxidation sites excluding steroid dienone is 2. The van der Waals surface area contributed by atoms with Crippen molar-refractivity contribution in [3.8, 4) is 0 Å². The van der Waals surface area contributed by atoms with E-state index >= 15 is 0 Å². The summed E-state index contributed by atoms with van der Waals surface area (Å²) in [7, 11) is 0. The molecule has 0 heterocycles. The fourth-order valence-corrected chi connectivity index (χ4v) is 1.35. The third kappa shape index (κ3) is 4.78. The number of esters is 1. The number of hydrogen-bond acceptors (Lipinski definition) is 2. The lowest BCUT2D eigenvalue weighted by Crippen LogP contribution is -2.05. The van der Waals surface area contributed by atoms with Crippen LogP contribution in [0.5, 0.6) is 0 Å². The molecule has 2 heteroatoms. The molecular weight excluding hydrogens is 200 g/mol. The number of carbonyl (C=O) groups is 1. The predicted octanol–water partition coefficient (Wildman–Crippen LogP) is 3.59. The first-order valence-electron chi connectivity index (χ1n) is 5.68. The molecule has 16 heavy (non-hydrogen) atoms. The van der Waals surface area contributed by atoms with Crippen LogP contribution in [0.4, 0.5) is 0 Å². The lowest BCUT2D eigenvalue weighted by Gasteiger charge is -2.03. The summed E-state index contributed by atoms with van der Waals surface area (Å²) in [6.07, 6.45) is 7.20. The number of unbranched alkanes of at least 4 members (excludes halogenated alkanes) is 2. The van der Waals surface area contributed by atoms with E-state index in [1.807, 2.05) is 31.2 Å². The van der Waals surface area contributed by atoms with Gasteiger partial charge in [-0.05, 0) is 38.3 Å². The second-order valence-corrected chi connectivity index (χ2v) is 3.57. The van der Waals surface area contributed by atoms with Crippen LogP contribution in [-0.2, 0) is 4.74 Å². The maximum Gasteiger partial charge on any atom is 0.338 e. The first-order chi connectivity index (χ1) is 7.84. The third-order valence-corrected chi connectivity index (χ3v) is 2.24. The number of hydrogen-bond donors (Lipinski definition) is 0. The van der Waals surface area contributed by atoms with E-state index in [4.69, 9.17) is 4.74 Å². The van der Waals surface area contributed by atoms with Crippen molar-refractivity contribution >= 4 is 5.97 Å². The lowest BCUT2D eigenvalue weighted by molar-refractivity contribution is 0.0498. The number of ether oxygens (including phenoxy) is 1. The van der Waals surface area contributed by atoms with Crippen molar-refractivity contribution in [1.82, 2.24) is 0 Å². The highest BCUT2D eigenvalue weighted by Gasteiger charge is 2.04. The minimum Gasteiger partial charge on any atom is -0.462 e. The molecule has 0 aliphatic heterocycles. The lowest BCUT2D eigenvalue weighted by atomic mass is 10.2. The summed E-state index contributed by atoms with van der Waals surface area (Å²) in [6, 6.07) is 9.09. The van der Waals surface area contributed by atoms with Crippen LogP contribution >= 0.6 is 0 Å². The first-order valence-corrected chi connectivity index (χ1v) is 5.68. The van der Waals surface area contributed by atoms with Crippen molar-refractivity contribution in [1.29, 1.82) is 0 Å². The van der Waals surface area contributed by atoms with E-state index in [2.05, 4.69) is 6.08 Å². The monoisotopic (exact) mass is 218 g/mol. The van der Waals surface area contributed by atoms with Crippen molar-refractivity contribution in [2.45, 2.75) is 26.2 Å². The first kappa shape index (κ1) is 12.5. The van der Waals surface area contributed by atoms with Gasteiger partial charge in [0.25, 0.3) is 0 Å². The van der Waals surface area contributed by atoms with Crippen LogP contribution in [0.25, 0.3) is 0 Å². The maximum atomic E-state index is 11.5. The van der Waals surface area contributed by atoms with E-state index in [9.17, 15) is 4.79 Å². The fraction of sp³-hybridized carbons (Fsp3) is 0.357. The van der Waals surface area contributed by atoms with Crippen LogP contribution in [-0.4, -0.2) is 12.6 Å². The zero-order chi connectivity index (χ0) is 11.6. The Labute approximate surface area is 96.9 Å². The van der Waals surface area contributed by atoms with Crippen LogP contribution in [0.2, 0.25) is 0 Å². The molecule has 0 saturated carbocycles. The minimum absolute atomic E-state index is 0.230. The van der Waals surface area contributed by atoms with Gasteiger partial charge in [-0.2, -0.15) is 0 Å². The molecule has 2 nitrogen and oxygen atoms in total. The van der Waals surface area contributed by atoms with Gasteiger partial charge in [0, 0.05) is 0 Å². The van der Waals surface area contributed by atoms with Crippen LogP contribution in [0, 0.1) is 0 Å². The highest BCUT2D eigenvalue weighted by atomic mass is 16.5. The Hall–Kier alpha value is -1.57. The molecular formula is C14H18O2. The Morgan fingerprint density at radius 2 is 2.00 bits per heavy atom. The van der Waals surface area contributed by atoms with Gasteiger partial charge in [-0.15, -0.1) is 0 Å². The summed E-state index contributed by atoms with van der Waals surface area (Å²) in [4.78, 5) is 11.5. The van der Waals surface area contributed by atoms with Crippen molar-refractivity contribution in [3.05, 3.63) is 48.0 Å². The summed E-state index contributed by atoms with van der Waals surface area (Å²) in [6.45, 7) is 2.51. The fourth-order valence-electron chi connectivity index (χ4n) is 1.35. The topological polar surface area (TPSA) is 26.3 Å². The van der Waals surface area contributed by atoms with E-state index in [1.165, 1.54) is 0 Å². The van der Waals surface area contributed by atoms with Gasteiger partial charge in [0.15, 0.2) is 0 Å². The molecule has 0 unspecified atom stereocenters. The van der Waals surface area contributed by atoms with Crippen LogP contribution in [0.3, 0.4) is 0 Å². The van der Waals surface area contributed by atoms with Crippen LogP contribution in [0.1, 0.15) is 36.5 Å². The van der Waals surface area contributed by atoms with E-state index in [0.29, 0.717) is 12.2 Å². The summed E-state index contributed by atoms with van der Waals surface area (Å²) >= 11 is 0.